The molecule has 0 saturated carbocycles. The number of carbonyl (C=O) groups is 2. The van der Waals surface area contributed by atoms with Crippen LogP contribution in [0.5, 0.6) is 0 Å². The highest BCUT2D eigenvalue weighted by molar-refractivity contribution is 7.89. The first-order chi connectivity index (χ1) is 5.90. The molecule has 0 bridgehead atoms. The summed E-state index contributed by atoms with van der Waals surface area (Å²) in [6, 6.07) is -0.575. The second-order valence-electron chi connectivity index (χ2n) is 2.57. The van der Waals surface area contributed by atoms with Crippen molar-refractivity contribution in [1.29, 1.82) is 0 Å². The summed E-state index contributed by atoms with van der Waals surface area (Å²) in [4.78, 5) is 22.6. The number of amides is 3. The molecule has 1 fully saturated rings. The molecule has 0 atom stereocenters. The number of hydrogen-bond acceptors (Lipinski definition) is 4. The lowest BCUT2D eigenvalue weighted by Crippen LogP contribution is -2.36. The first-order valence-corrected chi connectivity index (χ1v) is 5.20. The van der Waals surface area contributed by atoms with Gasteiger partial charge in [0.25, 0.3) is 0 Å². The molecule has 0 aromatic rings. The van der Waals surface area contributed by atoms with E-state index in [1.54, 1.807) is 0 Å². The van der Waals surface area contributed by atoms with Crippen molar-refractivity contribution in [3.8, 4) is 0 Å². The van der Waals surface area contributed by atoms with Crippen LogP contribution in [0.1, 0.15) is 0 Å². The third kappa shape index (κ3) is 2.67. The SMILES string of the molecule is NS(=O)(=O)CCN1C(=O)CNC1=O. The minimum absolute atomic E-state index is 0.0799. The summed E-state index contributed by atoms with van der Waals surface area (Å²) in [6.45, 7) is -0.271. The lowest BCUT2D eigenvalue weighted by atomic mass is 10.5. The number of urea groups is 1. The van der Waals surface area contributed by atoms with Gasteiger partial charge in [0.15, 0.2) is 0 Å². The Hall–Kier alpha value is -1.15. The van der Waals surface area contributed by atoms with Crippen LogP contribution >= 0.6 is 0 Å². The van der Waals surface area contributed by atoms with Crippen LogP contribution in [0.3, 0.4) is 0 Å². The van der Waals surface area contributed by atoms with E-state index < -0.39 is 27.7 Å². The number of hydrogen-bond donors (Lipinski definition) is 2. The molecule has 0 spiro atoms. The summed E-state index contributed by atoms with van der Waals surface area (Å²) >= 11 is 0. The molecule has 3 N–H and O–H groups in total. The molecule has 1 aliphatic rings. The monoisotopic (exact) mass is 207 g/mol. The maximum atomic E-state index is 10.9. The van der Waals surface area contributed by atoms with Crippen LogP contribution in [0.2, 0.25) is 0 Å². The van der Waals surface area contributed by atoms with Gasteiger partial charge in [-0.3, -0.25) is 9.69 Å². The van der Waals surface area contributed by atoms with Crippen LogP contribution in [0.4, 0.5) is 4.79 Å². The number of nitrogens with zero attached hydrogens (tertiary/aromatic N) is 1. The van der Waals surface area contributed by atoms with Gasteiger partial charge in [0, 0.05) is 6.54 Å². The van der Waals surface area contributed by atoms with Crippen LogP contribution in [-0.4, -0.2) is 44.1 Å². The third-order valence-electron chi connectivity index (χ3n) is 1.54. The molecular weight excluding hydrogens is 198 g/mol. The molecule has 0 aliphatic carbocycles. The maximum Gasteiger partial charge on any atom is 0.324 e. The highest BCUT2D eigenvalue weighted by Crippen LogP contribution is 1.98. The minimum Gasteiger partial charge on any atom is -0.329 e. The smallest absolute Gasteiger partial charge is 0.324 e. The van der Waals surface area contributed by atoms with E-state index in [1.165, 1.54) is 0 Å². The second kappa shape index (κ2) is 3.30. The van der Waals surface area contributed by atoms with Gasteiger partial charge >= 0.3 is 6.03 Å². The van der Waals surface area contributed by atoms with Gasteiger partial charge in [-0.1, -0.05) is 0 Å². The van der Waals surface area contributed by atoms with E-state index in [4.69, 9.17) is 5.14 Å². The van der Waals surface area contributed by atoms with Gasteiger partial charge in [-0.15, -0.1) is 0 Å². The third-order valence-corrected chi connectivity index (χ3v) is 2.29. The van der Waals surface area contributed by atoms with Crippen molar-refractivity contribution >= 4 is 22.0 Å². The van der Waals surface area contributed by atoms with Crippen molar-refractivity contribution in [1.82, 2.24) is 10.2 Å². The van der Waals surface area contributed by atoms with E-state index in [-0.39, 0.29) is 13.1 Å². The predicted molar refractivity (Wildman–Crippen MR) is 43.1 cm³/mol. The molecule has 0 unspecified atom stereocenters. The van der Waals surface area contributed by atoms with Crippen molar-refractivity contribution in [2.45, 2.75) is 0 Å². The van der Waals surface area contributed by atoms with E-state index in [1.807, 2.05) is 0 Å². The molecule has 74 valence electrons. The fourth-order valence-corrected chi connectivity index (χ4v) is 1.34. The summed E-state index contributed by atoms with van der Waals surface area (Å²) in [7, 11) is -3.63. The zero-order valence-corrected chi connectivity index (χ0v) is 7.50. The number of nitrogens with two attached hydrogens (primary N) is 1. The molecule has 8 heteroatoms. The van der Waals surface area contributed by atoms with E-state index in [9.17, 15) is 18.0 Å². The van der Waals surface area contributed by atoms with E-state index in [0.29, 0.717) is 0 Å². The number of rotatable bonds is 3. The van der Waals surface area contributed by atoms with E-state index in [2.05, 4.69) is 5.32 Å². The summed E-state index contributed by atoms with van der Waals surface area (Å²) < 4.78 is 21.0. The molecule has 3 amide bonds. The summed E-state index contributed by atoms with van der Waals surface area (Å²) in [5, 5.41) is 6.96. The van der Waals surface area contributed by atoms with Crippen LogP contribution in [0.25, 0.3) is 0 Å². The highest BCUT2D eigenvalue weighted by atomic mass is 32.2. The molecule has 1 heterocycles. The number of carbonyl (C=O) groups excluding carboxylic acids is 2. The van der Waals surface area contributed by atoms with Gasteiger partial charge in [-0.25, -0.2) is 18.4 Å². The lowest BCUT2D eigenvalue weighted by molar-refractivity contribution is -0.124. The number of primary sulfonamides is 1. The first kappa shape index (κ1) is 9.93. The van der Waals surface area contributed by atoms with Crippen molar-refractivity contribution in [2.24, 2.45) is 5.14 Å². The topological polar surface area (TPSA) is 110 Å². The molecule has 1 aliphatic heterocycles. The van der Waals surface area contributed by atoms with Crippen molar-refractivity contribution in [3.63, 3.8) is 0 Å². The molecule has 7 nitrogen and oxygen atoms in total. The zero-order valence-electron chi connectivity index (χ0n) is 6.69. The Morgan fingerprint density at radius 1 is 1.46 bits per heavy atom. The molecule has 1 saturated heterocycles. The summed E-state index contributed by atoms with van der Waals surface area (Å²) in [6.07, 6.45) is 0. The van der Waals surface area contributed by atoms with E-state index >= 15 is 0 Å². The van der Waals surface area contributed by atoms with Gasteiger partial charge in [0.2, 0.25) is 15.9 Å². The van der Waals surface area contributed by atoms with Crippen molar-refractivity contribution < 1.29 is 18.0 Å². The van der Waals surface area contributed by atoms with Crippen molar-refractivity contribution in [2.75, 3.05) is 18.8 Å². The minimum atomic E-state index is -3.63. The number of sulfonamides is 1. The summed E-state index contributed by atoms with van der Waals surface area (Å²) in [5.41, 5.74) is 0. The molecule has 13 heavy (non-hydrogen) atoms. The van der Waals surface area contributed by atoms with Crippen LogP contribution in [0, 0.1) is 0 Å². The quantitative estimate of drug-likeness (QED) is 0.513. The highest BCUT2D eigenvalue weighted by Gasteiger charge is 2.28. The zero-order chi connectivity index (χ0) is 10.1. The predicted octanol–water partition coefficient (Wildman–Crippen LogP) is -2.17. The number of imide groups is 1. The Bertz CT molecular complexity index is 320. The average molecular weight is 207 g/mol. The van der Waals surface area contributed by atoms with Crippen molar-refractivity contribution in [3.05, 3.63) is 0 Å². The maximum absolute atomic E-state index is 10.9. The van der Waals surface area contributed by atoms with Crippen LogP contribution in [-0.2, 0) is 14.8 Å². The standard InChI is InChI=1S/C5H9N3O4S/c6-13(11,12)2-1-8-4(9)3-7-5(8)10/h1-3H2,(H,7,10)(H2,6,11,12). The summed E-state index contributed by atoms with van der Waals surface area (Å²) in [5.74, 6) is -0.847. The van der Waals surface area contributed by atoms with Gasteiger partial charge < -0.3 is 5.32 Å². The largest absolute Gasteiger partial charge is 0.329 e. The van der Waals surface area contributed by atoms with Gasteiger partial charge in [0.1, 0.15) is 0 Å². The Kier molecular flexibility index (Phi) is 2.52. The molecule has 0 aromatic carbocycles. The molecule has 0 aromatic heterocycles. The second-order valence-corrected chi connectivity index (χ2v) is 4.31. The van der Waals surface area contributed by atoms with Crippen LogP contribution < -0.4 is 10.5 Å². The van der Waals surface area contributed by atoms with Gasteiger partial charge in [-0.05, 0) is 0 Å². The fraction of sp³-hybridized carbons (Fsp3) is 0.600. The van der Waals surface area contributed by atoms with E-state index in [0.717, 1.165) is 4.90 Å². The molecule has 0 radical (unpaired) electrons. The van der Waals surface area contributed by atoms with Crippen LogP contribution in [0.15, 0.2) is 0 Å². The Morgan fingerprint density at radius 3 is 2.46 bits per heavy atom. The molecular formula is C5H9N3O4S. The normalized spacial score (nSPS) is 17.8. The Labute approximate surface area is 74.9 Å². The molecule has 1 rings (SSSR count). The fourth-order valence-electron chi connectivity index (χ4n) is 0.900. The first-order valence-electron chi connectivity index (χ1n) is 3.49. The number of nitrogens with one attached hydrogen (secondary N) is 1. The lowest BCUT2D eigenvalue weighted by Gasteiger charge is -2.10. The van der Waals surface area contributed by atoms with Gasteiger partial charge in [-0.2, -0.15) is 0 Å². The Balaban J connectivity index is 2.54. The Morgan fingerprint density at radius 2 is 2.08 bits per heavy atom. The van der Waals surface area contributed by atoms with Gasteiger partial charge in [0.05, 0.1) is 12.3 Å². The average Bonchev–Trinajstić information content (AvgIpc) is 2.27.